The highest BCUT2D eigenvalue weighted by Gasteiger charge is 2.39. The summed E-state index contributed by atoms with van der Waals surface area (Å²) >= 11 is 0. The van der Waals surface area contributed by atoms with Crippen LogP contribution in [0.4, 0.5) is 5.69 Å². The third-order valence-corrected chi connectivity index (χ3v) is 7.20. The Bertz CT molecular complexity index is 932. The van der Waals surface area contributed by atoms with E-state index in [4.69, 9.17) is 4.74 Å². The van der Waals surface area contributed by atoms with Crippen molar-refractivity contribution in [1.29, 1.82) is 0 Å². The summed E-state index contributed by atoms with van der Waals surface area (Å²) in [5, 5.41) is 23.7. The molecule has 0 saturated heterocycles. The van der Waals surface area contributed by atoms with E-state index in [0.29, 0.717) is 11.8 Å². The van der Waals surface area contributed by atoms with Crippen LogP contribution in [0, 0.1) is 11.8 Å². The van der Waals surface area contributed by atoms with Gasteiger partial charge in [-0.25, -0.2) is 0 Å². The molecule has 0 radical (unpaired) electrons. The van der Waals surface area contributed by atoms with Crippen molar-refractivity contribution < 1.29 is 14.9 Å². The summed E-state index contributed by atoms with van der Waals surface area (Å²) < 4.78 is 6.15. The Morgan fingerprint density at radius 3 is 2.67 bits per heavy atom. The first-order valence-electron chi connectivity index (χ1n) is 11.4. The van der Waals surface area contributed by atoms with Gasteiger partial charge in [0.15, 0.2) is 0 Å². The summed E-state index contributed by atoms with van der Waals surface area (Å²) in [6.45, 7) is 0.796. The zero-order chi connectivity index (χ0) is 20.5. The first kappa shape index (κ1) is 19.3. The Morgan fingerprint density at radius 2 is 1.83 bits per heavy atom. The molecule has 0 spiro atoms. The lowest BCUT2D eigenvalue weighted by atomic mass is 9.77. The van der Waals surface area contributed by atoms with E-state index >= 15 is 0 Å². The number of aromatic hydroxyl groups is 2. The second-order valence-corrected chi connectivity index (χ2v) is 9.11. The molecular weight excluding hydrogens is 374 g/mol. The molecule has 0 aromatic heterocycles. The molecule has 3 unspecified atom stereocenters. The van der Waals surface area contributed by atoms with Crippen LogP contribution in [0.25, 0.3) is 0 Å². The zero-order valence-corrected chi connectivity index (χ0v) is 17.4. The molecule has 4 nitrogen and oxygen atoms in total. The third-order valence-electron chi connectivity index (χ3n) is 7.20. The van der Waals surface area contributed by atoms with Crippen molar-refractivity contribution in [2.24, 2.45) is 11.8 Å². The van der Waals surface area contributed by atoms with Crippen molar-refractivity contribution >= 4 is 5.69 Å². The number of hydrogen-bond acceptors (Lipinski definition) is 4. The first-order chi connectivity index (χ1) is 14.7. The Kier molecular flexibility index (Phi) is 5.32. The van der Waals surface area contributed by atoms with Gasteiger partial charge in [-0.1, -0.05) is 44.3 Å². The molecule has 30 heavy (non-hydrogen) atoms. The molecule has 2 aromatic carbocycles. The zero-order valence-electron chi connectivity index (χ0n) is 17.4. The van der Waals surface area contributed by atoms with E-state index in [0.717, 1.165) is 42.4 Å². The minimum atomic E-state index is 0.0103. The molecule has 1 aliphatic heterocycles. The summed E-state index contributed by atoms with van der Waals surface area (Å²) in [4.78, 5) is 0. The van der Waals surface area contributed by atoms with Crippen LogP contribution in [0.15, 0.2) is 48.6 Å². The largest absolute Gasteiger partial charge is 0.508 e. The van der Waals surface area contributed by atoms with Gasteiger partial charge in [0.05, 0.1) is 12.6 Å². The van der Waals surface area contributed by atoms with Gasteiger partial charge < -0.3 is 20.3 Å². The maximum Gasteiger partial charge on any atom is 0.124 e. The summed E-state index contributed by atoms with van der Waals surface area (Å²) in [5.74, 6) is 2.66. The molecule has 2 aromatic rings. The van der Waals surface area contributed by atoms with Gasteiger partial charge in [-0.2, -0.15) is 0 Å². The topological polar surface area (TPSA) is 61.7 Å². The van der Waals surface area contributed by atoms with Crippen LogP contribution in [0.5, 0.6) is 17.2 Å². The number of ether oxygens (including phenoxy) is 1. The van der Waals surface area contributed by atoms with Crippen LogP contribution >= 0.6 is 0 Å². The quantitative estimate of drug-likeness (QED) is 0.513. The average Bonchev–Trinajstić information content (AvgIpc) is 3.25. The highest BCUT2D eigenvalue weighted by Crippen LogP contribution is 2.51. The van der Waals surface area contributed by atoms with Crippen LogP contribution in [0.3, 0.4) is 0 Å². The third kappa shape index (κ3) is 3.76. The second kappa shape index (κ2) is 8.25. The van der Waals surface area contributed by atoms with Crippen molar-refractivity contribution in [3.8, 4) is 17.2 Å². The van der Waals surface area contributed by atoms with E-state index in [1.165, 1.54) is 43.7 Å². The van der Waals surface area contributed by atoms with E-state index < -0.39 is 0 Å². The van der Waals surface area contributed by atoms with Gasteiger partial charge in [0.25, 0.3) is 0 Å². The number of phenolic OH excluding ortho intramolecular Hbond substituents is 2. The number of phenols is 2. The fourth-order valence-corrected chi connectivity index (χ4v) is 5.58. The monoisotopic (exact) mass is 405 g/mol. The van der Waals surface area contributed by atoms with E-state index in [2.05, 4.69) is 35.7 Å². The molecule has 5 rings (SSSR count). The number of allylic oxidation sites excluding steroid dienone is 2. The second-order valence-electron chi connectivity index (χ2n) is 9.11. The predicted octanol–water partition coefficient (Wildman–Crippen LogP) is 6.27. The van der Waals surface area contributed by atoms with Crippen molar-refractivity contribution in [2.45, 2.75) is 56.9 Å². The van der Waals surface area contributed by atoms with E-state index in [-0.39, 0.29) is 17.5 Å². The molecule has 0 amide bonds. The lowest BCUT2D eigenvalue weighted by Gasteiger charge is -2.38. The Balaban J connectivity index is 1.33. The molecule has 0 bridgehead atoms. The van der Waals surface area contributed by atoms with Gasteiger partial charge in [0, 0.05) is 23.2 Å². The normalized spacial score (nSPS) is 25.4. The van der Waals surface area contributed by atoms with Crippen LogP contribution in [-0.2, 0) is 0 Å². The fourth-order valence-electron chi connectivity index (χ4n) is 5.58. The Labute approximate surface area is 178 Å². The number of rotatable bonds is 5. The average molecular weight is 406 g/mol. The van der Waals surface area contributed by atoms with Gasteiger partial charge in [-0.15, -0.1) is 0 Å². The van der Waals surface area contributed by atoms with Gasteiger partial charge >= 0.3 is 0 Å². The number of nitrogens with one attached hydrogen (secondary N) is 1. The van der Waals surface area contributed by atoms with Crippen LogP contribution in [-0.4, -0.2) is 16.8 Å². The Hall–Kier alpha value is -2.62. The van der Waals surface area contributed by atoms with Crippen LogP contribution in [0.1, 0.15) is 68.0 Å². The van der Waals surface area contributed by atoms with E-state index in [9.17, 15) is 10.2 Å². The summed E-state index contributed by atoms with van der Waals surface area (Å²) in [6.07, 6.45) is 13.5. The van der Waals surface area contributed by atoms with Gasteiger partial charge in [-0.05, 0) is 60.6 Å². The molecule has 1 heterocycles. The highest BCUT2D eigenvalue weighted by molar-refractivity contribution is 5.62. The lowest BCUT2D eigenvalue weighted by molar-refractivity contribution is 0.246. The Morgan fingerprint density at radius 1 is 0.967 bits per heavy atom. The van der Waals surface area contributed by atoms with Crippen LogP contribution in [0.2, 0.25) is 0 Å². The first-order valence-corrected chi connectivity index (χ1v) is 11.4. The number of anilines is 1. The molecule has 3 N–H and O–H groups in total. The summed E-state index contributed by atoms with van der Waals surface area (Å²) in [5.41, 5.74) is 3.21. The summed E-state index contributed by atoms with van der Waals surface area (Å²) in [7, 11) is 0. The summed E-state index contributed by atoms with van der Waals surface area (Å²) in [6, 6.07) is 11.3. The fraction of sp³-hybridized carbons (Fsp3) is 0.462. The van der Waals surface area contributed by atoms with Crippen LogP contribution < -0.4 is 10.1 Å². The predicted molar refractivity (Wildman–Crippen MR) is 119 cm³/mol. The lowest BCUT2D eigenvalue weighted by Crippen LogP contribution is -2.29. The molecule has 3 aliphatic rings. The number of fused-ring (bicyclic) bond motifs is 3. The maximum absolute atomic E-state index is 10.4. The minimum absolute atomic E-state index is 0.0103. The van der Waals surface area contributed by atoms with E-state index in [1.807, 2.05) is 6.07 Å². The standard InChI is InChI=1S/C26H31NO3/c28-18-9-11-22(25(29)15-18)26-21-8-4-7-20(21)23-16-19(10-12-24(23)27-26)30-14-13-17-5-2-1-3-6-17/h4,7,9-12,15-17,20-21,26-29H,1-3,5-6,8,13-14H2. The minimum Gasteiger partial charge on any atom is -0.508 e. The number of benzene rings is 2. The molecule has 3 atom stereocenters. The van der Waals surface area contributed by atoms with Crippen molar-refractivity contribution in [3.05, 3.63) is 59.7 Å². The van der Waals surface area contributed by atoms with Gasteiger partial charge in [0.1, 0.15) is 17.2 Å². The molecule has 1 fully saturated rings. The van der Waals surface area contributed by atoms with Gasteiger partial charge in [-0.3, -0.25) is 0 Å². The molecule has 1 saturated carbocycles. The maximum atomic E-state index is 10.4. The van der Waals surface area contributed by atoms with Crippen molar-refractivity contribution in [1.82, 2.24) is 0 Å². The van der Waals surface area contributed by atoms with Gasteiger partial charge in [0.2, 0.25) is 0 Å². The SMILES string of the molecule is Oc1ccc(C2Nc3ccc(OCCC4CCCCC4)cc3C3C=CCC32)c(O)c1. The smallest absolute Gasteiger partial charge is 0.124 e. The highest BCUT2D eigenvalue weighted by atomic mass is 16.5. The number of hydrogen-bond donors (Lipinski definition) is 3. The molecule has 158 valence electrons. The molecule has 4 heteroatoms. The van der Waals surface area contributed by atoms with Crippen molar-refractivity contribution in [2.75, 3.05) is 11.9 Å². The van der Waals surface area contributed by atoms with Crippen molar-refractivity contribution in [3.63, 3.8) is 0 Å². The molecular formula is C26H31NO3. The molecule has 2 aliphatic carbocycles. The van der Waals surface area contributed by atoms with E-state index in [1.54, 1.807) is 6.07 Å².